The number of ether oxygens (including phenoxy) is 1. The number of carbonyl (C=O) groups excluding carboxylic acids is 1. The first-order valence-corrected chi connectivity index (χ1v) is 8.00. The zero-order chi connectivity index (χ0) is 18.4. The maximum absolute atomic E-state index is 12.2. The Balaban J connectivity index is 1.89. The number of aliphatic carboxylic acids is 1. The summed E-state index contributed by atoms with van der Waals surface area (Å²) in [6.45, 7) is 3.83. The molecular formula is C17H21N3O5. The summed E-state index contributed by atoms with van der Waals surface area (Å²) < 4.78 is 5.47. The predicted octanol–water partition coefficient (Wildman–Crippen LogP) is 1.17. The van der Waals surface area contributed by atoms with Crippen molar-refractivity contribution in [2.24, 2.45) is 5.92 Å². The quantitative estimate of drug-likeness (QED) is 0.659. The van der Waals surface area contributed by atoms with Crippen LogP contribution in [0.1, 0.15) is 30.8 Å². The van der Waals surface area contributed by atoms with E-state index in [4.69, 9.17) is 9.84 Å². The molecule has 0 saturated heterocycles. The molecule has 0 spiro atoms. The molecule has 25 heavy (non-hydrogen) atoms. The number of carbonyl (C=O) groups is 2. The Morgan fingerprint density at radius 1 is 1.32 bits per heavy atom. The molecule has 2 unspecified atom stereocenters. The van der Waals surface area contributed by atoms with E-state index in [1.807, 2.05) is 0 Å². The number of carboxylic acids is 1. The van der Waals surface area contributed by atoms with Gasteiger partial charge in [-0.1, -0.05) is 19.1 Å². The molecule has 0 aliphatic rings. The van der Waals surface area contributed by atoms with E-state index < -0.39 is 23.4 Å². The van der Waals surface area contributed by atoms with Crippen LogP contribution in [0.25, 0.3) is 11.0 Å². The van der Waals surface area contributed by atoms with Gasteiger partial charge in [-0.3, -0.25) is 14.4 Å². The summed E-state index contributed by atoms with van der Waals surface area (Å²) in [7, 11) is 0. The largest absolute Gasteiger partial charge is 0.481 e. The molecule has 8 nitrogen and oxygen atoms in total. The number of aromatic nitrogens is 2. The van der Waals surface area contributed by atoms with Gasteiger partial charge >= 0.3 is 5.97 Å². The Morgan fingerprint density at radius 2 is 2.04 bits per heavy atom. The first-order valence-electron chi connectivity index (χ1n) is 8.00. The highest BCUT2D eigenvalue weighted by Crippen LogP contribution is 2.06. The first kappa shape index (κ1) is 18.6. The third kappa shape index (κ3) is 5.12. The molecule has 2 aromatic rings. The van der Waals surface area contributed by atoms with Crippen LogP contribution in [0, 0.1) is 5.92 Å². The Morgan fingerprint density at radius 3 is 2.76 bits per heavy atom. The van der Waals surface area contributed by atoms with Crippen molar-refractivity contribution in [2.45, 2.75) is 26.4 Å². The van der Waals surface area contributed by atoms with Crippen LogP contribution in [-0.2, 0) is 9.53 Å². The zero-order valence-corrected chi connectivity index (χ0v) is 14.1. The number of hydrogen-bond donors (Lipinski definition) is 3. The van der Waals surface area contributed by atoms with E-state index in [-0.39, 0.29) is 24.9 Å². The minimum atomic E-state index is -0.869. The van der Waals surface area contributed by atoms with Gasteiger partial charge in [0.25, 0.3) is 11.5 Å². The monoisotopic (exact) mass is 347 g/mol. The van der Waals surface area contributed by atoms with E-state index in [9.17, 15) is 14.4 Å². The number of fused-ring (bicyclic) bond motifs is 1. The van der Waals surface area contributed by atoms with Gasteiger partial charge < -0.3 is 20.1 Å². The van der Waals surface area contributed by atoms with Crippen molar-refractivity contribution >= 4 is 22.9 Å². The maximum atomic E-state index is 12.2. The average molecular weight is 347 g/mol. The molecular weight excluding hydrogens is 326 g/mol. The molecule has 1 amide bonds. The molecule has 3 N–H and O–H groups in total. The molecule has 0 fully saturated rings. The fourth-order valence-electron chi connectivity index (χ4n) is 2.13. The second-order valence-electron chi connectivity index (χ2n) is 5.85. The number of H-pyrrole nitrogens is 1. The van der Waals surface area contributed by atoms with E-state index in [1.165, 1.54) is 0 Å². The van der Waals surface area contributed by atoms with Crippen LogP contribution >= 0.6 is 0 Å². The van der Waals surface area contributed by atoms with Crippen LogP contribution in [-0.4, -0.2) is 46.2 Å². The number of para-hydroxylation sites is 2. The highest BCUT2D eigenvalue weighted by atomic mass is 16.5. The van der Waals surface area contributed by atoms with E-state index >= 15 is 0 Å². The van der Waals surface area contributed by atoms with Crippen LogP contribution in [0.2, 0.25) is 0 Å². The van der Waals surface area contributed by atoms with Gasteiger partial charge in [0.1, 0.15) is 0 Å². The van der Waals surface area contributed by atoms with Crippen molar-refractivity contribution in [2.75, 3.05) is 13.2 Å². The molecule has 1 heterocycles. The number of carboxylic acid groups (broad SMARTS) is 1. The average Bonchev–Trinajstić information content (AvgIpc) is 2.58. The van der Waals surface area contributed by atoms with Crippen molar-refractivity contribution in [3.63, 3.8) is 0 Å². The van der Waals surface area contributed by atoms with E-state index in [0.29, 0.717) is 17.5 Å². The van der Waals surface area contributed by atoms with E-state index in [0.717, 1.165) is 0 Å². The van der Waals surface area contributed by atoms with Crippen LogP contribution in [0.5, 0.6) is 0 Å². The van der Waals surface area contributed by atoms with Crippen LogP contribution in [0.4, 0.5) is 0 Å². The van der Waals surface area contributed by atoms with E-state index in [2.05, 4.69) is 15.3 Å². The summed E-state index contributed by atoms with van der Waals surface area (Å²) in [5, 5.41) is 11.4. The third-order valence-electron chi connectivity index (χ3n) is 3.74. The van der Waals surface area contributed by atoms with Gasteiger partial charge in [0, 0.05) is 13.2 Å². The molecule has 1 aromatic carbocycles. The minimum absolute atomic E-state index is 0.189. The van der Waals surface area contributed by atoms with Crippen LogP contribution < -0.4 is 10.9 Å². The van der Waals surface area contributed by atoms with Gasteiger partial charge in [0.2, 0.25) is 0 Å². The zero-order valence-electron chi connectivity index (χ0n) is 14.1. The Kier molecular flexibility index (Phi) is 6.24. The lowest BCUT2D eigenvalue weighted by Gasteiger charge is -2.14. The molecule has 2 rings (SSSR count). The lowest BCUT2D eigenvalue weighted by Crippen LogP contribution is -2.36. The van der Waals surface area contributed by atoms with Gasteiger partial charge in [-0.05, 0) is 25.5 Å². The predicted molar refractivity (Wildman–Crippen MR) is 91.5 cm³/mol. The number of nitrogens with one attached hydrogen (secondary N) is 2. The fraction of sp³-hybridized carbons (Fsp3) is 0.412. The SMILES string of the molecule is CC(CNC(=O)c1nc2ccccc2[nH]c1=O)OCCC(C)C(=O)O. The third-order valence-corrected chi connectivity index (χ3v) is 3.74. The van der Waals surface area contributed by atoms with Gasteiger partial charge in [-0.2, -0.15) is 0 Å². The molecule has 0 bridgehead atoms. The number of amides is 1. The summed E-state index contributed by atoms with van der Waals surface area (Å²) in [6.07, 6.45) is 0.0731. The van der Waals surface area contributed by atoms with Gasteiger partial charge in [0.05, 0.1) is 23.1 Å². The molecule has 0 saturated carbocycles. The highest BCUT2D eigenvalue weighted by Gasteiger charge is 2.15. The van der Waals surface area contributed by atoms with Crippen molar-refractivity contribution in [1.82, 2.24) is 15.3 Å². The minimum Gasteiger partial charge on any atom is -0.481 e. The summed E-state index contributed by atoms with van der Waals surface area (Å²) in [5.41, 5.74) is 0.331. The first-order chi connectivity index (χ1) is 11.9. The standard InChI is InChI=1S/C17H21N3O5/c1-10(17(23)24)7-8-25-11(2)9-18-15(21)14-16(22)20-13-6-4-3-5-12(13)19-14/h3-6,10-11H,7-9H2,1-2H3,(H,18,21)(H,20,22)(H,23,24). The van der Waals surface area contributed by atoms with E-state index in [1.54, 1.807) is 38.1 Å². The molecule has 8 heteroatoms. The topological polar surface area (TPSA) is 121 Å². The summed E-state index contributed by atoms with van der Waals surface area (Å²) in [4.78, 5) is 41.6. The number of aromatic amines is 1. The molecule has 134 valence electrons. The smallest absolute Gasteiger partial charge is 0.306 e. The van der Waals surface area contributed by atoms with Gasteiger partial charge in [-0.15, -0.1) is 0 Å². The maximum Gasteiger partial charge on any atom is 0.306 e. The summed E-state index contributed by atoms with van der Waals surface area (Å²) in [6, 6.07) is 6.95. The summed E-state index contributed by atoms with van der Waals surface area (Å²) >= 11 is 0. The van der Waals surface area contributed by atoms with Crippen molar-refractivity contribution in [3.05, 3.63) is 40.3 Å². The molecule has 0 radical (unpaired) electrons. The molecule has 2 atom stereocenters. The number of benzene rings is 1. The van der Waals surface area contributed by atoms with Crippen LogP contribution in [0.3, 0.4) is 0 Å². The van der Waals surface area contributed by atoms with Gasteiger partial charge in [0.15, 0.2) is 5.69 Å². The van der Waals surface area contributed by atoms with Crippen molar-refractivity contribution < 1.29 is 19.4 Å². The summed E-state index contributed by atoms with van der Waals surface area (Å²) in [5.74, 6) is -1.94. The molecule has 0 aliphatic carbocycles. The lowest BCUT2D eigenvalue weighted by atomic mass is 10.1. The van der Waals surface area contributed by atoms with Gasteiger partial charge in [-0.25, -0.2) is 4.98 Å². The fourth-order valence-corrected chi connectivity index (χ4v) is 2.13. The number of rotatable bonds is 8. The van der Waals surface area contributed by atoms with Crippen LogP contribution in [0.15, 0.2) is 29.1 Å². The second kappa shape index (κ2) is 8.39. The lowest BCUT2D eigenvalue weighted by molar-refractivity contribution is -0.141. The number of nitrogens with zero attached hydrogens (tertiary/aromatic N) is 1. The molecule has 0 aliphatic heterocycles. The molecule has 1 aromatic heterocycles. The second-order valence-corrected chi connectivity index (χ2v) is 5.85. The Labute approximate surface area is 144 Å². The Bertz CT molecular complexity index is 817. The Hall–Kier alpha value is -2.74. The normalized spacial score (nSPS) is 13.4. The van der Waals surface area contributed by atoms with Crippen molar-refractivity contribution in [3.8, 4) is 0 Å². The number of hydrogen-bond acceptors (Lipinski definition) is 5. The highest BCUT2D eigenvalue weighted by molar-refractivity contribution is 5.93. The van der Waals surface area contributed by atoms with Crippen molar-refractivity contribution in [1.29, 1.82) is 0 Å².